The molecule has 0 unspecified atom stereocenters. The van der Waals surface area contributed by atoms with Gasteiger partial charge >= 0.3 is 23.9 Å². The Kier molecular flexibility index (Phi) is 43.3. The zero-order valence-electron chi connectivity index (χ0n) is 68.3. The highest BCUT2D eigenvalue weighted by Crippen LogP contribution is 2.47. The molecule has 2 heterocycles. The molecule has 602 valence electrons. The van der Waals surface area contributed by atoms with Gasteiger partial charge in [-0.3, -0.25) is 24.0 Å². The average Bonchev–Trinajstić information content (AvgIpc) is 0.712. The third-order valence-electron chi connectivity index (χ3n) is 22.8. The third-order valence-corrected chi connectivity index (χ3v) is 22.8. The minimum Gasteiger partial charge on any atom is -0.506 e. The van der Waals surface area contributed by atoms with Crippen molar-refractivity contribution in [3.63, 3.8) is 0 Å². The minimum absolute atomic E-state index is 0.0695. The number of aliphatic hydroxyl groups is 1. The topological polar surface area (TPSA) is 191 Å². The fourth-order valence-electron chi connectivity index (χ4n) is 16.1. The number of anilines is 3. The standard InChI is InChI=1S/C94H146N4O10/c1-5-9-13-17-21-25-29-33-37-41-45-49-53-63-81(99)105-71-93(72-106-82(100)64-54-50-46-42-38-34-30-26-22-18-14-10-6-2)95-79-61-57-59-75-67-69-77(89(97-93)85(75)79)87-91(103)88(92(87)104)78-70-68-76-60-58-62-80-86(76)90(78)98-94(96-80,73-107-83(101)65-55-51-47-43-39-35-31-27-23-19-15-11-7-3)74-108-84(102)66-56-52-48-44-40-36-32-28-24-20-16-12-8-4/h57-62,67-70,95-97,103H,5-56,63-66,71-74H2,1-4H3. The van der Waals surface area contributed by atoms with Crippen LogP contribution in [0, 0.1) is 0 Å². The summed E-state index contributed by atoms with van der Waals surface area (Å²) < 4.78 is 24.6. The second kappa shape index (κ2) is 52.7. The second-order valence-corrected chi connectivity index (χ2v) is 32.4. The van der Waals surface area contributed by atoms with Crippen LogP contribution in [0.3, 0.4) is 0 Å². The molecule has 0 bridgehead atoms. The van der Waals surface area contributed by atoms with E-state index in [2.05, 4.69) is 43.6 Å². The maximum absolute atomic E-state index is 15.4. The zero-order valence-corrected chi connectivity index (χ0v) is 68.3. The maximum atomic E-state index is 15.4. The molecule has 2 aliphatic heterocycles. The third kappa shape index (κ3) is 31.4. The molecule has 7 rings (SSSR count). The Morgan fingerprint density at radius 2 is 0.648 bits per heavy atom. The Hall–Kier alpha value is -6.44. The molecule has 0 amide bonds. The van der Waals surface area contributed by atoms with Crippen LogP contribution in [-0.2, 0) is 42.9 Å². The lowest BCUT2D eigenvalue weighted by molar-refractivity contribution is -0.151. The molecular weight excluding hydrogens is 1350 g/mol. The van der Waals surface area contributed by atoms with E-state index in [1.165, 1.54) is 231 Å². The largest absolute Gasteiger partial charge is 0.506 e. The number of hydrogen-bond acceptors (Lipinski definition) is 14. The summed E-state index contributed by atoms with van der Waals surface area (Å²) in [6, 6.07) is 19.1. The summed E-state index contributed by atoms with van der Waals surface area (Å²) in [5.74, 6) is -2.05. The minimum atomic E-state index is -1.48. The van der Waals surface area contributed by atoms with Crippen LogP contribution in [0.25, 0.3) is 32.7 Å². The van der Waals surface area contributed by atoms with Crippen molar-refractivity contribution in [1.82, 2.24) is 0 Å². The molecule has 0 fully saturated rings. The highest BCUT2D eigenvalue weighted by Gasteiger charge is 2.44. The van der Waals surface area contributed by atoms with Crippen molar-refractivity contribution in [3.05, 3.63) is 82.6 Å². The molecule has 4 N–H and O–H groups in total. The van der Waals surface area contributed by atoms with Gasteiger partial charge in [-0.2, -0.15) is 0 Å². The van der Waals surface area contributed by atoms with Gasteiger partial charge in [-0.1, -0.05) is 384 Å². The number of allylic oxidation sites excluding steroid dienone is 2. The van der Waals surface area contributed by atoms with Gasteiger partial charge in [0.2, 0.25) is 5.78 Å². The molecule has 108 heavy (non-hydrogen) atoms. The van der Waals surface area contributed by atoms with Gasteiger partial charge in [-0.25, -0.2) is 4.99 Å². The summed E-state index contributed by atoms with van der Waals surface area (Å²) in [7, 11) is 0. The Morgan fingerprint density at radius 3 is 0.991 bits per heavy atom. The number of unbranched alkanes of at least 4 members (excludes halogenated alkanes) is 48. The SMILES string of the molecule is CCCCCCCCCCCCCCCC(=O)OCC1(COC(=O)CCCCCCCCCCCCCCC)N=c2c(=C3C(=O)C(c4ccc5cccc6c5c4NC(COC(=O)CCCCCCCCCCCCCCC)(COC(=O)CCCCCCCCCCCCCCC)N6)=C3O)ccc3cccc(c23)N1. The van der Waals surface area contributed by atoms with Gasteiger partial charge in [-0.15, -0.1) is 0 Å². The summed E-state index contributed by atoms with van der Waals surface area (Å²) in [6.07, 6.45) is 63.2. The summed E-state index contributed by atoms with van der Waals surface area (Å²) >= 11 is 0. The number of carbonyl (C=O) groups excluding carboxylic acids is 5. The number of carbonyl (C=O) groups is 5. The molecule has 0 aromatic heterocycles. The quantitative estimate of drug-likeness (QED) is 0.0186. The van der Waals surface area contributed by atoms with Crippen molar-refractivity contribution in [1.29, 1.82) is 0 Å². The Balaban J connectivity index is 1.08. The number of nitrogens with one attached hydrogen (secondary N) is 3. The smallest absolute Gasteiger partial charge is 0.305 e. The van der Waals surface area contributed by atoms with Gasteiger partial charge in [0.1, 0.15) is 32.2 Å². The number of Topliss-reactive ketones (excluding diaryl/α,β-unsaturated/α-hetero) is 1. The first-order chi connectivity index (χ1) is 53.0. The van der Waals surface area contributed by atoms with Crippen molar-refractivity contribution >= 4 is 79.4 Å². The first-order valence-electron chi connectivity index (χ1n) is 44.6. The van der Waals surface area contributed by atoms with Crippen LogP contribution < -0.4 is 26.5 Å². The number of nitrogens with zero attached hydrogens (tertiary/aromatic N) is 1. The highest BCUT2D eigenvalue weighted by molar-refractivity contribution is 6.52. The summed E-state index contributed by atoms with van der Waals surface area (Å²) in [5, 5.41) is 27.4. The molecule has 0 spiro atoms. The van der Waals surface area contributed by atoms with Crippen LogP contribution in [0.2, 0.25) is 0 Å². The molecule has 14 heteroatoms. The zero-order chi connectivity index (χ0) is 76.5. The molecular formula is C94H146N4O10. The summed E-state index contributed by atoms with van der Waals surface area (Å²) in [6.45, 7) is 8.16. The van der Waals surface area contributed by atoms with Gasteiger partial charge in [0, 0.05) is 58.6 Å². The molecule has 14 nitrogen and oxygen atoms in total. The molecule has 4 aromatic carbocycles. The predicted molar refractivity (Wildman–Crippen MR) is 448 cm³/mol. The average molecular weight is 1490 g/mol. The monoisotopic (exact) mass is 1490 g/mol. The number of hydrogen-bond donors (Lipinski definition) is 4. The van der Waals surface area contributed by atoms with Crippen molar-refractivity contribution in [2.24, 2.45) is 4.99 Å². The lowest BCUT2D eigenvalue weighted by Crippen LogP contribution is -2.56. The number of ether oxygens (including phenoxy) is 4. The first kappa shape index (κ1) is 88.8. The molecule has 0 saturated carbocycles. The maximum Gasteiger partial charge on any atom is 0.305 e. The van der Waals surface area contributed by atoms with E-state index in [1.54, 1.807) is 6.07 Å². The van der Waals surface area contributed by atoms with E-state index < -0.39 is 17.1 Å². The number of aliphatic hydroxyl groups excluding tert-OH is 1. The molecule has 0 saturated heterocycles. The van der Waals surface area contributed by atoms with Crippen molar-refractivity contribution in [2.75, 3.05) is 42.4 Å². The van der Waals surface area contributed by atoms with Crippen molar-refractivity contribution in [3.8, 4) is 0 Å². The van der Waals surface area contributed by atoms with Crippen LogP contribution in [0.15, 0.2) is 71.4 Å². The molecule has 1 aliphatic carbocycles. The number of esters is 4. The van der Waals surface area contributed by atoms with E-state index in [0.29, 0.717) is 64.3 Å². The first-order valence-corrected chi connectivity index (χ1v) is 44.6. The van der Waals surface area contributed by atoms with Crippen LogP contribution in [0.5, 0.6) is 0 Å². The van der Waals surface area contributed by atoms with E-state index in [0.717, 1.165) is 93.2 Å². The van der Waals surface area contributed by atoms with Gasteiger partial charge in [0.15, 0.2) is 11.3 Å². The second-order valence-electron chi connectivity index (χ2n) is 32.4. The lowest BCUT2D eigenvalue weighted by Gasteiger charge is -2.41. The van der Waals surface area contributed by atoms with Gasteiger partial charge in [0.25, 0.3) is 0 Å². The van der Waals surface area contributed by atoms with Crippen LogP contribution in [0.1, 0.15) is 393 Å². The number of benzene rings is 4. The number of ketones is 1. The van der Waals surface area contributed by atoms with Gasteiger partial charge < -0.3 is 40.0 Å². The molecule has 0 atom stereocenters. The lowest BCUT2D eigenvalue weighted by atomic mass is 9.80. The van der Waals surface area contributed by atoms with E-state index in [4.69, 9.17) is 23.9 Å². The van der Waals surface area contributed by atoms with Crippen LogP contribution >= 0.6 is 0 Å². The highest BCUT2D eigenvalue weighted by atomic mass is 16.6. The van der Waals surface area contributed by atoms with E-state index >= 15 is 4.79 Å². The Morgan fingerprint density at radius 1 is 0.343 bits per heavy atom. The van der Waals surface area contributed by atoms with Gasteiger partial charge in [0.05, 0.1) is 22.2 Å². The summed E-state index contributed by atoms with van der Waals surface area (Å²) in [4.78, 5) is 75.9. The predicted octanol–water partition coefficient (Wildman–Crippen LogP) is 25.1. The Bertz CT molecular complexity index is 3360. The fraction of sp³-hybridized carbons (Fsp3) is 0.702. The number of rotatable bonds is 65. The molecule has 3 aliphatic rings. The molecule has 0 radical (unpaired) electrons. The van der Waals surface area contributed by atoms with Crippen LogP contribution in [0.4, 0.5) is 17.1 Å². The van der Waals surface area contributed by atoms with Crippen molar-refractivity contribution < 1.29 is 48.0 Å². The van der Waals surface area contributed by atoms with E-state index in [-0.39, 0.29) is 92.9 Å². The normalized spacial score (nSPS) is 14.5. The van der Waals surface area contributed by atoms with Crippen molar-refractivity contribution in [2.45, 2.75) is 399 Å². The summed E-state index contributed by atoms with van der Waals surface area (Å²) in [5.41, 5.74) is -0.388. The van der Waals surface area contributed by atoms with E-state index in [1.807, 2.05) is 54.6 Å². The Labute approximate surface area is 652 Å². The van der Waals surface area contributed by atoms with E-state index in [9.17, 15) is 24.3 Å². The van der Waals surface area contributed by atoms with Crippen LogP contribution in [-0.4, -0.2) is 72.5 Å². The van der Waals surface area contributed by atoms with Gasteiger partial charge in [-0.05, 0) is 48.6 Å². The fourth-order valence-corrected chi connectivity index (χ4v) is 16.1. The molecule has 4 aromatic rings.